The summed E-state index contributed by atoms with van der Waals surface area (Å²) in [6, 6.07) is 6.73. The van der Waals surface area contributed by atoms with Crippen LogP contribution in [0.25, 0.3) is 5.69 Å². The maximum atomic E-state index is 13.2. The third kappa shape index (κ3) is 3.21. The average Bonchev–Trinajstić information content (AvgIpc) is 3.22. The molecule has 3 rings (SSSR count). The van der Waals surface area contributed by atoms with E-state index < -0.39 is 23.2 Å². The number of urea groups is 1. The highest BCUT2D eigenvalue weighted by Gasteiger charge is 2.42. The highest BCUT2D eigenvalue weighted by atomic mass is 19.1. The fraction of sp³-hybridized carbons (Fsp3) is 0.294. The molecule has 0 saturated carbocycles. The normalized spacial score (nSPS) is 19.2. The van der Waals surface area contributed by atoms with E-state index in [1.54, 1.807) is 6.92 Å². The van der Waals surface area contributed by atoms with Gasteiger partial charge in [-0.05, 0) is 31.5 Å². The third-order valence-electron chi connectivity index (χ3n) is 4.43. The summed E-state index contributed by atoms with van der Waals surface area (Å²) < 4.78 is 14.6. The Morgan fingerprint density at radius 2 is 2.19 bits per heavy atom. The van der Waals surface area contributed by atoms with E-state index in [0.29, 0.717) is 18.7 Å². The monoisotopic (exact) mass is 357 g/mol. The number of hydrogen-bond donors (Lipinski definition) is 2. The number of nitrogens with zero attached hydrogens (tertiary/aromatic N) is 4. The third-order valence-corrected chi connectivity index (χ3v) is 4.43. The summed E-state index contributed by atoms with van der Waals surface area (Å²) in [7, 11) is 0. The van der Waals surface area contributed by atoms with Crippen LogP contribution in [0.4, 0.5) is 15.0 Å². The Kier molecular flexibility index (Phi) is 4.34. The van der Waals surface area contributed by atoms with Gasteiger partial charge in [-0.15, -0.1) is 5.10 Å². The lowest BCUT2D eigenvalue weighted by Crippen LogP contribution is -2.37. The van der Waals surface area contributed by atoms with Gasteiger partial charge in [0, 0.05) is 25.4 Å². The molecule has 0 radical (unpaired) electrons. The fourth-order valence-corrected chi connectivity index (χ4v) is 2.82. The van der Waals surface area contributed by atoms with Crippen molar-refractivity contribution in [3.05, 3.63) is 41.8 Å². The van der Waals surface area contributed by atoms with Crippen LogP contribution in [0, 0.1) is 22.6 Å². The largest absolute Gasteiger partial charge is 0.481 e. The molecule has 1 aliphatic rings. The van der Waals surface area contributed by atoms with Gasteiger partial charge in [0.2, 0.25) is 0 Å². The number of hydrogen-bond acceptors (Lipinski definition) is 4. The molecule has 1 aromatic heterocycles. The van der Waals surface area contributed by atoms with E-state index >= 15 is 0 Å². The Morgan fingerprint density at radius 3 is 2.85 bits per heavy atom. The Bertz CT molecular complexity index is 919. The van der Waals surface area contributed by atoms with E-state index in [-0.39, 0.29) is 17.9 Å². The smallest absolute Gasteiger partial charge is 0.323 e. The Balaban J connectivity index is 1.73. The van der Waals surface area contributed by atoms with E-state index in [1.807, 2.05) is 6.07 Å². The average molecular weight is 357 g/mol. The van der Waals surface area contributed by atoms with Crippen LogP contribution in [0.3, 0.4) is 0 Å². The molecule has 1 aliphatic heterocycles. The molecule has 2 heterocycles. The number of carbonyl (C=O) groups is 2. The zero-order valence-corrected chi connectivity index (χ0v) is 13.9. The summed E-state index contributed by atoms with van der Waals surface area (Å²) in [5.74, 6) is -1.22. The summed E-state index contributed by atoms with van der Waals surface area (Å²) in [5, 5.41) is 25.1. The van der Waals surface area contributed by atoms with Crippen molar-refractivity contribution in [2.45, 2.75) is 13.3 Å². The molecule has 2 N–H and O–H groups in total. The number of rotatable bonds is 3. The lowest BCUT2D eigenvalue weighted by Gasteiger charge is -2.20. The number of carbonyl (C=O) groups excluding carboxylic acids is 1. The van der Waals surface area contributed by atoms with E-state index in [0.717, 1.165) is 6.07 Å². The standard InChI is InChI=1S/C17H16FN5O3/c1-17(15(24)25)5-7-22(10-17)16(26)20-14-4-6-23(21-14)13-3-2-12(18)8-11(13)9-19/h2-4,6,8H,5,7,10H2,1H3,(H,24,25)(H,20,21,26). The fourth-order valence-electron chi connectivity index (χ4n) is 2.82. The van der Waals surface area contributed by atoms with Crippen LogP contribution in [0.5, 0.6) is 0 Å². The minimum Gasteiger partial charge on any atom is -0.481 e. The molecular weight excluding hydrogens is 341 g/mol. The number of aromatic nitrogens is 2. The molecule has 2 aromatic rings. The van der Waals surface area contributed by atoms with E-state index in [2.05, 4.69) is 10.4 Å². The van der Waals surface area contributed by atoms with Crippen LogP contribution in [-0.2, 0) is 4.79 Å². The molecule has 1 saturated heterocycles. The summed E-state index contributed by atoms with van der Waals surface area (Å²) >= 11 is 0. The number of carboxylic acid groups (broad SMARTS) is 1. The van der Waals surface area contributed by atoms with Gasteiger partial charge in [0.1, 0.15) is 11.9 Å². The second kappa shape index (κ2) is 6.48. The van der Waals surface area contributed by atoms with Crippen molar-refractivity contribution < 1.29 is 19.1 Å². The maximum absolute atomic E-state index is 13.2. The molecule has 9 heteroatoms. The molecule has 8 nitrogen and oxygen atoms in total. The van der Waals surface area contributed by atoms with Gasteiger partial charge in [-0.2, -0.15) is 5.26 Å². The van der Waals surface area contributed by atoms with Gasteiger partial charge in [0.25, 0.3) is 0 Å². The van der Waals surface area contributed by atoms with E-state index in [9.17, 15) is 19.1 Å². The van der Waals surface area contributed by atoms with Crippen LogP contribution in [0.15, 0.2) is 30.5 Å². The van der Waals surface area contributed by atoms with Crippen LogP contribution in [-0.4, -0.2) is 44.9 Å². The minimum atomic E-state index is -0.952. The van der Waals surface area contributed by atoms with E-state index in [4.69, 9.17) is 5.26 Å². The van der Waals surface area contributed by atoms with Gasteiger partial charge in [-0.25, -0.2) is 13.9 Å². The molecule has 0 aliphatic carbocycles. The molecule has 1 atom stereocenters. The highest BCUT2D eigenvalue weighted by Crippen LogP contribution is 2.30. The number of likely N-dealkylation sites (tertiary alicyclic amines) is 1. The van der Waals surface area contributed by atoms with Gasteiger partial charge in [-0.3, -0.25) is 10.1 Å². The molecule has 1 fully saturated rings. The van der Waals surface area contributed by atoms with Crippen LogP contribution >= 0.6 is 0 Å². The van der Waals surface area contributed by atoms with Crippen molar-refractivity contribution in [1.29, 1.82) is 5.26 Å². The molecular formula is C17H16FN5O3. The second-order valence-electron chi connectivity index (χ2n) is 6.39. The van der Waals surface area contributed by atoms with Gasteiger partial charge in [0.15, 0.2) is 5.82 Å². The van der Waals surface area contributed by atoms with Crippen molar-refractivity contribution in [3.63, 3.8) is 0 Å². The quantitative estimate of drug-likeness (QED) is 0.875. The lowest BCUT2D eigenvalue weighted by atomic mass is 9.90. The maximum Gasteiger partial charge on any atom is 0.323 e. The van der Waals surface area contributed by atoms with Gasteiger partial charge >= 0.3 is 12.0 Å². The Morgan fingerprint density at radius 1 is 1.42 bits per heavy atom. The van der Waals surface area contributed by atoms with Crippen LogP contribution in [0.2, 0.25) is 0 Å². The van der Waals surface area contributed by atoms with Crippen LogP contribution in [0.1, 0.15) is 18.9 Å². The predicted octanol–water partition coefficient (Wildman–Crippen LogP) is 2.21. The topological polar surface area (TPSA) is 111 Å². The first kappa shape index (κ1) is 17.4. The molecule has 26 heavy (non-hydrogen) atoms. The Labute approximate surface area is 148 Å². The Hall–Kier alpha value is -3.41. The number of carboxylic acids is 1. The number of aliphatic carboxylic acids is 1. The molecule has 134 valence electrons. The molecule has 0 spiro atoms. The number of nitrogens with one attached hydrogen (secondary N) is 1. The van der Waals surface area contributed by atoms with Crippen LogP contribution < -0.4 is 5.32 Å². The number of benzene rings is 1. The second-order valence-corrected chi connectivity index (χ2v) is 6.39. The first-order valence-electron chi connectivity index (χ1n) is 7.87. The number of amides is 2. The predicted molar refractivity (Wildman–Crippen MR) is 89.2 cm³/mol. The first-order chi connectivity index (χ1) is 12.3. The minimum absolute atomic E-state index is 0.114. The van der Waals surface area contributed by atoms with Crippen molar-refractivity contribution in [2.24, 2.45) is 5.41 Å². The van der Waals surface area contributed by atoms with E-state index in [1.165, 1.54) is 34.0 Å². The number of nitriles is 1. The van der Waals surface area contributed by atoms with Crippen molar-refractivity contribution in [3.8, 4) is 11.8 Å². The molecule has 0 bridgehead atoms. The summed E-state index contributed by atoms with van der Waals surface area (Å²) in [6.07, 6.45) is 1.92. The van der Waals surface area contributed by atoms with Gasteiger partial charge < -0.3 is 10.0 Å². The van der Waals surface area contributed by atoms with Crippen molar-refractivity contribution in [1.82, 2.24) is 14.7 Å². The highest BCUT2D eigenvalue weighted by molar-refractivity contribution is 5.89. The summed E-state index contributed by atoms with van der Waals surface area (Å²) in [4.78, 5) is 25.0. The molecule has 1 unspecified atom stereocenters. The number of halogens is 1. The first-order valence-corrected chi connectivity index (χ1v) is 7.87. The summed E-state index contributed by atoms with van der Waals surface area (Å²) in [5.41, 5.74) is -0.455. The summed E-state index contributed by atoms with van der Waals surface area (Å²) in [6.45, 7) is 2.06. The number of anilines is 1. The van der Waals surface area contributed by atoms with Crippen molar-refractivity contribution in [2.75, 3.05) is 18.4 Å². The zero-order chi connectivity index (χ0) is 18.9. The van der Waals surface area contributed by atoms with Gasteiger partial charge in [-0.1, -0.05) is 0 Å². The lowest BCUT2D eigenvalue weighted by molar-refractivity contribution is -0.146. The molecule has 2 amide bonds. The van der Waals surface area contributed by atoms with Gasteiger partial charge in [0.05, 0.1) is 16.7 Å². The zero-order valence-electron chi connectivity index (χ0n) is 13.9. The SMILES string of the molecule is CC1(C(=O)O)CCN(C(=O)Nc2ccn(-c3ccc(F)cc3C#N)n2)C1. The van der Waals surface area contributed by atoms with Crippen molar-refractivity contribution >= 4 is 17.8 Å². The molecule has 1 aromatic carbocycles.